The normalized spacial score (nSPS) is 16.6. The second-order valence-electron chi connectivity index (χ2n) is 6.94. The second-order valence-corrected chi connectivity index (χ2v) is 6.94. The summed E-state index contributed by atoms with van der Waals surface area (Å²) in [7, 11) is 0. The maximum atomic E-state index is 12.4. The number of nitrogens with zero attached hydrogens (tertiary/aromatic N) is 3. The summed E-state index contributed by atoms with van der Waals surface area (Å²) in [5.74, 6) is 1.88. The molecule has 3 aromatic rings. The molecule has 0 aliphatic carbocycles. The molecule has 1 aliphatic rings. The van der Waals surface area contributed by atoms with Crippen LogP contribution < -0.4 is 5.32 Å². The van der Waals surface area contributed by atoms with Gasteiger partial charge in [0.2, 0.25) is 5.91 Å². The highest BCUT2D eigenvalue weighted by molar-refractivity contribution is 5.83. The van der Waals surface area contributed by atoms with Gasteiger partial charge in [-0.1, -0.05) is 25.1 Å². The van der Waals surface area contributed by atoms with Crippen molar-refractivity contribution in [2.75, 3.05) is 0 Å². The van der Waals surface area contributed by atoms with E-state index in [1.165, 1.54) is 10.9 Å². The predicted octanol–water partition coefficient (Wildman–Crippen LogP) is 3.30. The molecule has 1 amide bonds. The lowest BCUT2D eigenvalue weighted by molar-refractivity contribution is -0.122. The largest absolute Gasteiger partial charge is 0.361 e. The number of carbonyl (C=O) groups is 1. The van der Waals surface area contributed by atoms with E-state index in [0.29, 0.717) is 6.42 Å². The fraction of sp³-hybridized carbons (Fsp3) is 0.450. The molecule has 1 atom stereocenters. The highest BCUT2D eigenvalue weighted by atomic mass is 16.1. The number of nitrogens with one attached hydrogen (secondary N) is 2. The minimum atomic E-state index is -0.00265. The molecule has 6 nitrogen and oxygen atoms in total. The van der Waals surface area contributed by atoms with E-state index in [-0.39, 0.29) is 11.9 Å². The second kappa shape index (κ2) is 7.32. The number of amides is 1. The standard InChI is InChI=1S/C20H25N5O/c1-2-18-23-20-17(10-6-12-25(20)24-18)22-19(26)11-5-7-14-13-21-16-9-4-3-8-15(14)16/h3-4,8-9,13,17,21H,2,5-7,10-12H2,1H3,(H,22,26)/t17-/m1/s1. The van der Waals surface area contributed by atoms with Crippen molar-refractivity contribution in [3.05, 3.63) is 47.7 Å². The van der Waals surface area contributed by atoms with E-state index >= 15 is 0 Å². The lowest BCUT2D eigenvalue weighted by Gasteiger charge is -2.23. The molecule has 4 rings (SSSR count). The average molecular weight is 351 g/mol. The number of H-pyrrole nitrogens is 1. The summed E-state index contributed by atoms with van der Waals surface area (Å²) in [6.45, 7) is 2.95. The summed E-state index contributed by atoms with van der Waals surface area (Å²) in [5, 5.41) is 8.91. The Morgan fingerprint density at radius 1 is 1.38 bits per heavy atom. The Labute approximate surface area is 153 Å². The number of hydrogen-bond donors (Lipinski definition) is 2. The van der Waals surface area contributed by atoms with Crippen molar-refractivity contribution in [3.8, 4) is 0 Å². The van der Waals surface area contributed by atoms with Gasteiger partial charge in [0.15, 0.2) is 5.82 Å². The monoisotopic (exact) mass is 351 g/mol. The number of rotatable bonds is 6. The number of aromatic nitrogens is 4. The van der Waals surface area contributed by atoms with Crippen molar-refractivity contribution in [3.63, 3.8) is 0 Å². The first-order valence-electron chi connectivity index (χ1n) is 9.52. The Morgan fingerprint density at radius 3 is 3.15 bits per heavy atom. The third kappa shape index (κ3) is 3.36. The number of hydrogen-bond acceptors (Lipinski definition) is 3. The van der Waals surface area contributed by atoms with Crippen molar-refractivity contribution in [2.24, 2.45) is 0 Å². The van der Waals surface area contributed by atoms with Gasteiger partial charge in [-0.3, -0.25) is 4.79 Å². The van der Waals surface area contributed by atoms with Crippen LogP contribution in [0, 0.1) is 0 Å². The molecular weight excluding hydrogens is 326 g/mol. The number of para-hydroxylation sites is 1. The molecule has 0 unspecified atom stereocenters. The minimum Gasteiger partial charge on any atom is -0.361 e. The zero-order chi connectivity index (χ0) is 17.9. The zero-order valence-corrected chi connectivity index (χ0v) is 15.2. The van der Waals surface area contributed by atoms with Gasteiger partial charge in [0, 0.05) is 36.5 Å². The van der Waals surface area contributed by atoms with Crippen LogP contribution in [0.5, 0.6) is 0 Å². The van der Waals surface area contributed by atoms with Gasteiger partial charge in [-0.15, -0.1) is 0 Å². The molecule has 0 spiro atoms. The zero-order valence-electron chi connectivity index (χ0n) is 15.2. The SMILES string of the molecule is CCc1nc2n(n1)CCC[C@H]2NC(=O)CCCc1c[nH]c2ccccc12. The highest BCUT2D eigenvalue weighted by Crippen LogP contribution is 2.24. The van der Waals surface area contributed by atoms with Crippen molar-refractivity contribution in [2.45, 2.75) is 58.0 Å². The summed E-state index contributed by atoms with van der Waals surface area (Å²) in [4.78, 5) is 20.3. The smallest absolute Gasteiger partial charge is 0.220 e. The molecule has 136 valence electrons. The van der Waals surface area contributed by atoms with Gasteiger partial charge >= 0.3 is 0 Å². The van der Waals surface area contributed by atoms with E-state index in [1.807, 2.05) is 10.7 Å². The quantitative estimate of drug-likeness (QED) is 0.715. The summed E-state index contributed by atoms with van der Waals surface area (Å²) < 4.78 is 1.96. The van der Waals surface area contributed by atoms with Crippen LogP contribution in [0.3, 0.4) is 0 Å². The number of benzene rings is 1. The lowest BCUT2D eigenvalue weighted by Crippen LogP contribution is -2.33. The Morgan fingerprint density at radius 2 is 2.27 bits per heavy atom. The Balaban J connectivity index is 1.33. The van der Waals surface area contributed by atoms with Crippen molar-refractivity contribution < 1.29 is 4.79 Å². The number of aryl methyl sites for hydroxylation is 3. The van der Waals surface area contributed by atoms with E-state index in [9.17, 15) is 4.79 Å². The first-order chi connectivity index (χ1) is 12.7. The van der Waals surface area contributed by atoms with Crippen LogP contribution in [0.15, 0.2) is 30.5 Å². The molecule has 0 radical (unpaired) electrons. The van der Waals surface area contributed by atoms with Gasteiger partial charge < -0.3 is 10.3 Å². The molecule has 1 aliphatic heterocycles. The van der Waals surface area contributed by atoms with E-state index < -0.39 is 0 Å². The molecule has 2 aromatic heterocycles. The maximum absolute atomic E-state index is 12.4. The fourth-order valence-electron chi connectivity index (χ4n) is 3.73. The summed E-state index contributed by atoms with van der Waals surface area (Å²) in [6, 6.07) is 8.28. The van der Waals surface area contributed by atoms with Crippen LogP contribution in [0.4, 0.5) is 0 Å². The first kappa shape index (κ1) is 16.8. The van der Waals surface area contributed by atoms with Crippen molar-refractivity contribution >= 4 is 16.8 Å². The van der Waals surface area contributed by atoms with Crippen molar-refractivity contribution in [1.29, 1.82) is 0 Å². The molecule has 6 heteroatoms. The van der Waals surface area contributed by atoms with Gasteiger partial charge in [-0.25, -0.2) is 9.67 Å². The molecule has 3 heterocycles. The van der Waals surface area contributed by atoms with Crippen LogP contribution in [0.1, 0.15) is 55.9 Å². The molecule has 26 heavy (non-hydrogen) atoms. The Bertz CT molecular complexity index is 910. The summed E-state index contributed by atoms with van der Waals surface area (Å²) in [6.07, 6.45) is 7.12. The molecule has 2 N–H and O–H groups in total. The van der Waals surface area contributed by atoms with Crippen LogP contribution in [-0.4, -0.2) is 25.7 Å². The first-order valence-corrected chi connectivity index (χ1v) is 9.52. The topological polar surface area (TPSA) is 75.6 Å². The Hall–Kier alpha value is -2.63. The predicted molar refractivity (Wildman–Crippen MR) is 101 cm³/mol. The Kier molecular flexibility index (Phi) is 4.73. The highest BCUT2D eigenvalue weighted by Gasteiger charge is 2.25. The molecule has 1 aromatic carbocycles. The van der Waals surface area contributed by atoms with Gasteiger partial charge in [0.05, 0.1) is 6.04 Å². The van der Waals surface area contributed by atoms with Crippen molar-refractivity contribution in [1.82, 2.24) is 25.1 Å². The lowest BCUT2D eigenvalue weighted by atomic mass is 10.1. The van der Waals surface area contributed by atoms with E-state index in [1.54, 1.807) is 0 Å². The summed E-state index contributed by atoms with van der Waals surface area (Å²) >= 11 is 0. The maximum Gasteiger partial charge on any atom is 0.220 e. The van der Waals surface area contributed by atoms with E-state index in [0.717, 1.165) is 55.8 Å². The van der Waals surface area contributed by atoms with Gasteiger partial charge in [0.25, 0.3) is 0 Å². The van der Waals surface area contributed by atoms with Crippen LogP contribution in [0.2, 0.25) is 0 Å². The number of fused-ring (bicyclic) bond motifs is 2. The number of carbonyl (C=O) groups excluding carboxylic acids is 1. The molecule has 0 saturated heterocycles. The number of aromatic amines is 1. The van der Waals surface area contributed by atoms with Crippen LogP contribution in [-0.2, 0) is 24.2 Å². The van der Waals surface area contributed by atoms with Gasteiger partial charge in [0.1, 0.15) is 5.82 Å². The molecule has 0 bridgehead atoms. The fourth-order valence-corrected chi connectivity index (χ4v) is 3.73. The van der Waals surface area contributed by atoms with E-state index in [4.69, 9.17) is 0 Å². The minimum absolute atomic E-state index is 0.00265. The third-order valence-corrected chi connectivity index (χ3v) is 5.09. The third-order valence-electron chi connectivity index (χ3n) is 5.09. The molecule has 0 saturated carbocycles. The van der Waals surface area contributed by atoms with Crippen LogP contribution in [0.25, 0.3) is 10.9 Å². The van der Waals surface area contributed by atoms with Crippen LogP contribution >= 0.6 is 0 Å². The van der Waals surface area contributed by atoms with Gasteiger partial charge in [-0.05, 0) is 37.3 Å². The average Bonchev–Trinajstić information content (AvgIpc) is 3.26. The van der Waals surface area contributed by atoms with E-state index in [2.05, 4.69) is 51.7 Å². The molecule has 0 fully saturated rings. The summed E-state index contributed by atoms with van der Waals surface area (Å²) in [5.41, 5.74) is 2.43. The molecular formula is C20H25N5O. The van der Waals surface area contributed by atoms with Gasteiger partial charge in [-0.2, -0.15) is 5.10 Å².